The van der Waals surface area contributed by atoms with Crippen molar-refractivity contribution in [3.05, 3.63) is 81.8 Å². The van der Waals surface area contributed by atoms with Crippen LogP contribution >= 0.6 is 22.7 Å². The molecule has 178 valence electrons. The van der Waals surface area contributed by atoms with Crippen LogP contribution in [0, 0.1) is 11.8 Å². The van der Waals surface area contributed by atoms with Crippen molar-refractivity contribution in [1.29, 1.82) is 0 Å². The van der Waals surface area contributed by atoms with E-state index in [-0.39, 0.29) is 11.8 Å². The lowest BCUT2D eigenvalue weighted by Crippen LogP contribution is -2.14. The summed E-state index contributed by atoms with van der Waals surface area (Å²) in [4.78, 5) is 24.5. The number of amides is 2. The molecule has 5 rings (SSSR count). The Balaban J connectivity index is 1.05. The monoisotopic (exact) mass is 504 g/mol. The van der Waals surface area contributed by atoms with E-state index in [0.717, 1.165) is 40.4 Å². The molecule has 1 saturated carbocycles. The summed E-state index contributed by atoms with van der Waals surface area (Å²) in [5.74, 6) is 0.865. The zero-order valence-corrected chi connectivity index (χ0v) is 20.5. The van der Waals surface area contributed by atoms with E-state index in [9.17, 15) is 9.59 Å². The molecule has 1 aliphatic carbocycles. The predicted octanol–water partition coefficient (Wildman–Crippen LogP) is 4.17. The molecule has 2 atom stereocenters. The quantitative estimate of drug-likeness (QED) is 0.335. The number of nitrogens with one attached hydrogen (secondary N) is 2. The Kier molecular flexibility index (Phi) is 7.20. The van der Waals surface area contributed by atoms with Gasteiger partial charge >= 0.3 is 0 Å². The minimum atomic E-state index is -0.0915. The molecular formula is C25H24N6O2S2. The molecule has 1 fully saturated rings. The lowest BCUT2D eigenvalue weighted by Gasteiger charge is -2.01. The van der Waals surface area contributed by atoms with Crippen molar-refractivity contribution < 1.29 is 9.59 Å². The Bertz CT molecular complexity index is 1190. The summed E-state index contributed by atoms with van der Waals surface area (Å²) in [7, 11) is 0. The normalized spacial score (nSPS) is 16.6. The highest BCUT2D eigenvalue weighted by molar-refractivity contribution is 7.15. The predicted molar refractivity (Wildman–Crippen MR) is 136 cm³/mol. The molecule has 2 aromatic carbocycles. The van der Waals surface area contributed by atoms with E-state index in [1.807, 2.05) is 60.7 Å². The molecule has 8 nitrogen and oxygen atoms in total. The van der Waals surface area contributed by atoms with Crippen LogP contribution in [0.1, 0.15) is 27.6 Å². The van der Waals surface area contributed by atoms with E-state index in [1.54, 1.807) is 0 Å². The molecule has 1 unspecified atom stereocenters. The highest BCUT2D eigenvalue weighted by Crippen LogP contribution is 2.44. The van der Waals surface area contributed by atoms with Gasteiger partial charge in [0.1, 0.15) is 10.0 Å². The summed E-state index contributed by atoms with van der Waals surface area (Å²) in [6, 6.07) is 19.2. The van der Waals surface area contributed by atoms with Crippen LogP contribution in [-0.4, -0.2) is 32.2 Å². The standard InChI is InChI=1S/C25H24N6O2S2/c32-20(11-16-7-3-1-4-8-16)26-24-30-28-22(34-24)14-18-13-19(18)15-23-29-31-25(35-23)27-21(33)12-17-9-5-2-6-10-17/h1-10,18-19H,11-15H2,(H,26,30,32)(H,27,31,33)/t18-,19?/m0/s1. The Labute approximate surface area is 210 Å². The molecule has 2 aromatic heterocycles. The number of carbonyl (C=O) groups is 2. The molecule has 35 heavy (non-hydrogen) atoms. The van der Waals surface area contributed by atoms with Gasteiger partial charge in [-0.2, -0.15) is 0 Å². The van der Waals surface area contributed by atoms with Gasteiger partial charge in [-0.25, -0.2) is 0 Å². The second-order valence-electron chi connectivity index (χ2n) is 8.59. The highest BCUT2D eigenvalue weighted by Gasteiger charge is 2.38. The maximum absolute atomic E-state index is 12.2. The zero-order chi connectivity index (χ0) is 24.0. The third-order valence-corrected chi connectivity index (χ3v) is 7.51. The van der Waals surface area contributed by atoms with E-state index in [0.29, 0.717) is 34.9 Å². The van der Waals surface area contributed by atoms with Crippen LogP contribution in [0.3, 0.4) is 0 Å². The van der Waals surface area contributed by atoms with Gasteiger partial charge in [0.2, 0.25) is 22.1 Å². The third kappa shape index (κ3) is 6.77. The molecule has 2 heterocycles. The Morgan fingerprint density at radius 1 is 0.686 bits per heavy atom. The van der Waals surface area contributed by atoms with E-state index in [4.69, 9.17) is 0 Å². The van der Waals surface area contributed by atoms with Crippen molar-refractivity contribution in [3.8, 4) is 0 Å². The molecule has 2 amide bonds. The Hall–Kier alpha value is -3.50. The van der Waals surface area contributed by atoms with Gasteiger partial charge in [0.05, 0.1) is 12.8 Å². The van der Waals surface area contributed by atoms with Crippen molar-refractivity contribution in [1.82, 2.24) is 20.4 Å². The van der Waals surface area contributed by atoms with Crippen LogP contribution in [0.5, 0.6) is 0 Å². The minimum absolute atomic E-state index is 0.0915. The number of anilines is 2. The summed E-state index contributed by atoms with van der Waals surface area (Å²) in [5.41, 5.74) is 1.93. The molecule has 0 spiro atoms. The van der Waals surface area contributed by atoms with Crippen LogP contribution in [0.15, 0.2) is 60.7 Å². The first-order valence-corrected chi connectivity index (χ1v) is 13.1. The molecule has 2 N–H and O–H groups in total. The number of hydrogen-bond donors (Lipinski definition) is 2. The summed E-state index contributed by atoms with van der Waals surface area (Å²) in [6.07, 6.45) is 3.42. The molecule has 4 aromatic rings. The van der Waals surface area contributed by atoms with Crippen LogP contribution in [0.2, 0.25) is 0 Å². The van der Waals surface area contributed by atoms with E-state index in [2.05, 4.69) is 31.0 Å². The van der Waals surface area contributed by atoms with Gasteiger partial charge in [0, 0.05) is 12.8 Å². The zero-order valence-electron chi connectivity index (χ0n) is 18.9. The van der Waals surface area contributed by atoms with Crippen LogP contribution < -0.4 is 10.6 Å². The fourth-order valence-electron chi connectivity index (χ4n) is 3.92. The maximum atomic E-state index is 12.2. The average molecular weight is 505 g/mol. The van der Waals surface area contributed by atoms with E-state index < -0.39 is 0 Å². The maximum Gasteiger partial charge on any atom is 0.230 e. The largest absolute Gasteiger partial charge is 0.300 e. The van der Waals surface area contributed by atoms with Crippen LogP contribution in [0.4, 0.5) is 10.3 Å². The lowest BCUT2D eigenvalue weighted by molar-refractivity contribution is -0.116. The first kappa shape index (κ1) is 23.3. The second kappa shape index (κ2) is 10.8. The van der Waals surface area contributed by atoms with Crippen molar-refractivity contribution in [2.45, 2.75) is 32.1 Å². The molecular weight excluding hydrogens is 480 g/mol. The molecule has 0 radical (unpaired) electrons. The lowest BCUT2D eigenvalue weighted by atomic mass is 10.1. The number of carbonyl (C=O) groups excluding carboxylic acids is 2. The van der Waals surface area contributed by atoms with E-state index >= 15 is 0 Å². The SMILES string of the molecule is O=C(Cc1ccccc1)Nc1nnc(CC2C[C@H]2Cc2nnc(NC(=O)Cc3ccccc3)s2)s1. The van der Waals surface area contributed by atoms with Gasteiger partial charge in [-0.05, 0) is 29.4 Å². The van der Waals surface area contributed by atoms with Gasteiger partial charge in [-0.3, -0.25) is 9.59 Å². The van der Waals surface area contributed by atoms with Crippen molar-refractivity contribution in [3.63, 3.8) is 0 Å². The van der Waals surface area contributed by atoms with Crippen molar-refractivity contribution in [2.75, 3.05) is 10.6 Å². The first-order chi connectivity index (χ1) is 17.1. The molecule has 0 saturated heterocycles. The highest BCUT2D eigenvalue weighted by atomic mass is 32.1. The Morgan fingerprint density at radius 3 is 1.54 bits per heavy atom. The fourth-order valence-corrected chi connectivity index (χ4v) is 5.62. The molecule has 10 heteroatoms. The molecule has 1 aliphatic rings. The third-order valence-electron chi connectivity index (χ3n) is 5.78. The van der Waals surface area contributed by atoms with Gasteiger partial charge in [0.25, 0.3) is 0 Å². The summed E-state index contributed by atoms with van der Waals surface area (Å²) in [5, 5.41) is 25.4. The smallest absolute Gasteiger partial charge is 0.230 e. The average Bonchev–Trinajstić information content (AvgIpc) is 3.18. The van der Waals surface area contributed by atoms with Gasteiger partial charge in [-0.15, -0.1) is 20.4 Å². The van der Waals surface area contributed by atoms with Crippen molar-refractivity contribution in [2.24, 2.45) is 11.8 Å². The van der Waals surface area contributed by atoms with Crippen LogP contribution in [-0.2, 0) is 35.3 Å². The van der Waals surface area contributed by atoms with E-state index in [1.165, 1.54) is 22.7 Å². The van der Waals surface area contributed by atoms with Crippen molar-refractivity contribution >= 4 is 44.8 Å². The number of benzene rings is 2. The molecule has 0 bridgehead atoms. The molecule has 0 aliphatic heterocycles. The first-order valence-electron chi connectivity index (χ1n) is 11.4. The number of nitrogens with zero attached hydrogens (tertiary/aromatic N) is 4. The minimum Gasteiger partial charge on any atom is -0.300 e. The van der Waals surface area contributed by atoms with Gasteiger partial charge < -0.3 is 10.6 Å². The topological polar surface area (TPSA) is 110 Å². The number of rotatable bonds is 10. The second-order valence-corrected chi connectivity index (χ2v) is 10.7. The summed E-state index contributed by atoms with van der Waals surface area (Å²) < 4.78 is 0. The van der Waals surface area contributed by atoms with Gasteiger partial charge in [0.15, 0.2) is 0 Å². The van der Waals surface area contributed by atoms with Gasteiger partial charge in [-0.1, -0.05) is 83.3 Å². The summed E-state index contributed by atoms with van der Waals surface area (Å²) >= 11 is 2.87. The number of hydrogen-bond acceptors (Lipinski definition) is 8. The number of aromatic nitrogens is 4. The Morgan fingerprint density at radius 2 is 1.11 bits per heavy atom. The van der Waals surface area contributed by atoms with Crippen LogP contribution in [0.25, 0.3) is 0 Å². The fraction of sp³-hybridized carbons (Fsp3) is 0.280. The summed E-state index contributed by atoms with van der Waals surface area (Å²) in [6.45, 7) is 0.